The molecular formula is C3H10OSi. The van der Waals surface area contributed by atoms with E-state index in [0.717, 1.165) is 0 Å². The Morgan fingerprint density at radius 2 is 2.40 bits per heavy atom. The molecule has 0 saturated heterocycles. The monoisotopic (exact) mass is 90.1 g/mol. The van der Waals surface area contributed by atoms with Crippen molar-refractivity contribution in [2.24, 2.45) is 0 Å². The van der Waals surface area contributed by atoms with Crippen LogP contribution in [0.5, 0.6) is 0 Å². The zero-order valence-corrected chi connectivity index (χ0v) is 5.24. The van der Waals surface area contributed by atoms with Crippen molar-refractivity contribution in [1.82, 2.24) is 0 Å². The van der Waals surface area contributed by atoms with Crippen molar-refractivity contribution < 1.29 is 4.43 Å². The average molecular weight is 90.2 g/mol. The van der Waals surface area contributed by atoms with Crippen molar-refractivity contribution in [2.45, 2.75) is 13.0 Å². The van der Waals surface area contributed by atoms with Gasteiger partial charge in [-0.05, 0) is 6.04 Å². The van der Waals surface area contributed by atoms with E-state index >= 15 is 0 Å². The zero-order valence-electron chi connectivity index (χ0n) is 3.82. The third-order valence-corrected chi connectivity index (χ3v) is 1.22. The summed E-state index contributed by atoms with van der Waals surface area (Å²) >= 11 is 0. The van der Waals surface area contributed by atoms with Gasteiger partial charge in [0.1, 0.15) is 0 Å². The molecule has 0 rings (SSSR count). The summed E-state index contributed by atoms with van der Waals surface area (Å²) in [5.74, 6) is 0. The molecule has 1 nitrogen and oxygen atoms in total. The van der Waals surface area contributed by atoms with Crippen LogP contribution in [0, 0.1) is 0 Å². The maximum atomic E-state index is 4.83. The minimum atomic E-state index is -0.0679. The van der Waals surface area contributed by atoms with Crippen LogP contribution in [-0.4, -0.2) is 16.9 Å². The van der Waals surface area contributed by atoms with Crippen LogP contribution in [-0.2, 0) is 4.43 Å². The molecule has 0 heterocycles. The van der Waals surface area contributed by atoms with Crippen molar-refractivity contribution >= 4 is 9.76 Å². The molecule has 0 aromatic heterocycles. The topological polar surface area (TPSA) is 9.23 Å². The molecule has 5 heavy (non-hydrogen) atoms. The molecule has 0 spiro atoms. The molecule has 0 saturated carbocycles. The van der Waals surface area contributed by atoms with Gasteiger partial charge in [-0.15, -0.1) is 0 Å². The van der Waals surface area contributed by atoms with Crippen LogP contribution < -0.4 is 0 Å². The van der Waals surface area contributed by atoms with E-state index in [9.17, 15) is 0 Å². The van der Waals surface area contributed by atoms with E-state index in [1.807, 2.05) is 0 Å². The predicted molar refractivity (Wildman–Crippen MR) is 26.0 cm³/mol. The van der Waals surface area contributed by atoms with Gasteiger partial charge in [0, 0.05) is 7.11 Å². The lowest BCUT2D eigenvalue weighted by atomic mass is 11.0. The summed E-state index contributed by atoms with van der Waals surface area (Å²) in [4.78, 5) is 0. The van der Waals surface area contributed by atoms with E-state index in [2.05, 4.69) is 6.92 Å². The molecular weight excluding hydrogens is 80.1 g/mol. The molecule has 0 bridgehead atoms. The molecule has 0 aromatic carbocycles. The summed E-state index contributed by atoms with van der Waals surface area (Å²) in [6.45, 7) is 2.15. The van der Waals surface area contributed by atoms with Gasteiger partial charge in [-0.3, -0.25) is 0 Å². The Balaban J connectivity index is 2.19. The van der Waals surface area contributed by atoms with Crippen LogP contribution in [0.3, 0.4) is 0 Å². The van der Waals surface area contributed by atoms with Crippen molar-refractivity contribution in [3.8, 4) is 0 Å². The average Bonchev–Trinajstić information content (AvgIpc) is 1.41. The Morgan fingerprint density at radius 3 is 2.40 bits per heavy atom. The van der Waals surface area contributed by atoms with Crippen LogP contribution in [0.25, 0.3) is 0 Å². The normalized spacial score (nSPS) is 10.8. The van der Waals surface area contributed by atoms with E-state index in [4.69, 9.17) is 4.43 Å². The standard InChI is InChI=1S/C3H10OSi/c1-3-5-4-2/h3,5H2,1-2H3. The SMILES string of the molecule is CC[SiH2]OC. The maximum Gasteiger partial charge on any atom is 0.160 e. The van der Waals surface area contributed by atoms with Crippen LogP contribution in [0.2, 0.25) is 6.04 Å². The van der Waals surface area contributed by atoms with E-state index in [-0.39, 0.29) is 9.76 Å². The fourth-order valence-corrected chi connectivity index (χ4v) is 0.612. The highest BCUT2D eigenvalue weighted by molar-refractivity contribution is 6.26. The quantitative estimate of drug-likeness (QED) is 0.439. The van der Waals surface area contributed by atoms with E-state index in [1.165, 1.54) is 6.04 Å². The second-order valence-electron chi connectivity index (χ2n) is 0.993. The fraction of sp³-hybridized carbons (Fsp3) is 1.00. The second-order valence-corrected chi connectivity index (χ2v) is 2.98. The summed E-state index contributed by atoms with van der Waals surface area (Å²) in [5.41, 5.74) is 0. The van der Waals surface area contributed by atoms with Gasteiger partial charge >= 0.3 is 0 Å². The summed E-state index contributed by atoms with van der Waals surface area (Å²) in [6.07, 6.45) is 0. The Kier molecular flexibility index (Phi) is 4.32. The van der Waals surface area contributed by atoms with E-state index in [1.54, 1.807) is 7.11 Å². The van der Waals surface area contributed by atoms with Gasteiger partial charge in [0.15, 0.2) is 9.76 Å². The molecule has 0 unspecified atom stereocenters. The first kappa shape index (κ1) is 5.18. The molecule has 0 N–H and O–H groups in total. The molecule has 0 atom stereocenters. The third-order valence-electron chi connectivity index (χ3n) is 0.408. The maximum absolute atomic E-state index is 4.83. The summed E-state index contributed by atoms with van der Waals surface area (Å²) < 4.78 is 4.83. The third kappa shape index (κ3) is 4.18. The van der Waals surface area contributed by atoms with Gasteiger partial charge in [-0.25, -0.2) is 0 Å². The lowest BCUT2D eigenvalue weighted by Crippen LogP contribution is -1.86. The van der Waals surface area contributed by atoms with Crippen LogP contribution >= 0.6 is 0 Å². The molecule has 0 aromatic rings. The van der Waals surface area contributed by atoms with Crippen molar-refractivity contribution in [1.29, 1.82) is 0 Å². The predicted octanol–water partition coefficient (Wildman–Crippen LogP) is 0.155. The van der Waals surface area contributed by atoms with Gasteiger partial charge in [0.05, 0.1) is 0 Å². The molecule has 0 aliphatic heterocycles. The highest BCUT2D eigenvalue weighted by Gasteiger charge is 1.69. The highest BCUT2D eigenvalue weighted by Crippen LogP contribution is 1.68. The smallest absolute Gasteiger partial charge is 0.160 e. The first-order valence-electron chi connectivity index (χ1n) is 1.90. The summed E-state index contributed by atoms with van der Waals surface area (Å²) in [5, 5.41) is 0. The Morgan fingerprint density at radius 1 is 1.80 bits per heavy atom. The lowest BCUT2D eigenvalue weighted by Gasteiger charge is -1.83. The first-order valence-corrected chi connectivity index (χ1v) is 3.48. The minimum Gasteiger partial charge on any atom is -0.427 e. The van der Waals surface area contributed by atoms with Crippen molar-refractivity contribution in [3.05, 3.63) is 0 Å². The van der Waals surface area contributed by atoms with Gasteiger partial charge in [0.25, 0.3) is 0 Å². The summed E-state index contributed by atoms with van der Waals surface area (Å²) in [6, 6.07) is 1.26. The lowest BCUT2D eigenvalue weighted by molar-refractivity contribution is 0.442. The minimum absolute atomic E-state index is 0.0679. The fourth-order valence-electron chi connectivity index (χ4n) is 0.204. The molecule has 32 valence electrons. The Hall–Kier alpha value is 0.177. The van der Waals surface area contributed by atoms with Crippen molar-refractivity contribution in [3.63, 3.8) is 0 Å². The molecule has 0 fully saturated rings. The molecule has 2 heteroatoms. The van der Waals surface area contributed by atoms with E-state index in [0.29, 0.717) is 0 Å². The van der Waals surface area contributed by atoms with E-state index < -0.39 is 0 Å². The molecule has 0 amide bonds. The molecule has 0 aliphatic carbocycles. The number of rotatable bonds is 2. The summed E-state index contributed by atoms with van der Waals surface area (Å²) in [7, 11) is 1.71. The molecule has 0 radical (unpaired) electrons. The van der Waals surface area contributed by atoms with Gasteiger partial charge in [-0.1, -0.05) is 6.92 Å². The largest absolute Gasteiger partial charge is 0.427 e. The van der Waals surface area contributed by atoms with Gasteiger partial charge in [0.2, 0.25) is 0 Å². The highest BCUT2D eigenvalue weighted by atomic mass is 28.2. The number of hydrogen-bond donors (Lipinski definition) is 0. The van der Waals surface area contributed by atoms with Gasteiger partial charge in [-0.2, -0.15) is 0 Å². The zero-order chi connectivity index (χ0) is 4.12. The molecule has 0 aliphatic rings. The Labute approximate surface area is 35.3 Å². The second kappa shape index (κ2) is 4.18. The van der Waals surface area contributed by atoms with Crippen molar-refractivity contribution in [2.75, 3.05) is 7.11 Å². The van der Waals surface area contributed by atoms with Crippen LogP contribution in [0.15, 0.2) is 0 Å². The Bertz CT molecular complexity index is 14.4. The van der Waals surface area contributed by atoms with Crippen LogP contribution in [0.4, 0.5) is 0 Å². The van der Waals surface area contributed by atoms with Gasteiger partial charge < -0.3 is 4.43 Å². The number of hydrogen-bond acceptors (Lipinski definition) is 1. The van der Waals surface area contributed by atoms with Crippen LogP contribution in [0.1, 0.15) is 6.92 Å². The first-order chi connectivity index (χ1) is 2.41.